The molecule has 0 aliphatic carbocycles. The number of halogens is 3. The summed E-state index contributed by atoms with van der Waals surface area (Å²) in [4.78, 5) is 12.5. The average Bonchev–Trinajstić information content (AvgIpc) is 2.09. The molecule has 1 atom stereocenters. The Kier molecular flexibility index (Phi) is 5.28. The van der Waals surface area contributed by atoms with Crippen LogP contribution in [0.5, 0.6) is 0 Å². The minimum absolute atomic E-state index is 0.0847. The van der Waals surface area contributed by atoms with Gasteiger partial charge >= 0.3 is 12.1 Å². The van der Waals surface area contributed by atoms with Crippen LogP contribution in [0.15, 0.2) is 0 Å². The molecule has 0 aliphatic rings. The van der Waals surface area contributed by atoms with Crippen molar-refractivity contribution in [2.24, 2.45) is 16.2 Å². The topological polar surface area (TPSA) is 26.3 Å². The first kappa shape index (κ1) is 20.3. The van der Waals surface area contributed by atoms with Crippen molar-refractivity contribution in [3.05, 3.63) is 0 Å². The van der Waals surface area contributed by atoms with E-state index in [4.69, 9.17) is 4.74 Å². The van der Waals surface area contributed by atoms with Gasteiger partial charge in [0, 0.05) is 0 Å². The molecule has 0 saturated heterocycles. The Balaban J connectivity index is 5.87. The van der Waals surface area contributed by atoms with Gasteiger partial charge in [0.1, 0.15) is 5.60 Å². The van der Waals surface area contributed by atoms with E-state index in [0.29, 0.717) is 0 Å². The number of hydrogen-bond acceptors (Lipinski definition) is 2. The van der Waals surface area contributed by atoms with Crippen LogP contribution in [0.2, 0.25) is 0 Å². The predicted octanol–water partition coefficient (Wildman–Crippen LogP) is 5.36. The Morgan fingerprint density at radius 3 is 1.48 bits per heavy atom. The van der Waals surface area contributed by atoms with E-state index in [9.17, 15) is 18.0 Å². The second-order valence-corrected chi connectivity index (χ2v) is 8.69. The predicted molar refractivity (Wildman–Crippen MR) is 77.9 cm³/mol. The third-order valence-corrected chi connectivity index (χ3v) is 3.82. The Bertz CT molecular complexity index is 384. The minimum Gasteiger partial charge on any atom is -0.460 e. The molecule has 0 aromatic carbocycles. The lowest BCUT2D eigenvalue weighted by Crippen LogP contribution is -2.54. The second-order valence-electron chi connectivity index (χ2n) is 8.69. The van der Waals surface area contributed by atoms with Gasteiger partial charge in [-0.05, 0) is 39.5 Å². The fourth-order valence-electron chi connectivity index (χ4n) is 2.31. The fourth-order valence-corrected chi connectivity index (χ4v) is 2.31. The molecule has 0 amide bonds. The summed E-state index contributed by atoms with van der Waals surface area (Å²) >= 11 is 0. The maximum absolute atomic E-state index is 13.5. The van der Waals surface area contributed by atoms with E-state index in [1.54, 1.807) is 20.8 Å². The van der Waals surface area contributed by atoms with Gasteiger partial charge < -0.3 is 4.74 Å². The minimum atomic E-state index is -4.50. The number of alkyl halides is 3. The molecule has 0 saturated carbocycles. The van der Waals surface area contributed by atoms with E-state index < -0.39 is 34.0 Å². The maximum atomic E-state index is 13.5. The monoisotopic (exact) mass is 310 g/mol. The van der Waals surface area contributed by atoms with Crippen LogP contribution < -0.4 is 0 Å². The third kappa shape index (κ3) is 4.89. The van der Waals surface area contributed by atoms with Crippen LogP contribution in [0.1, 0.15) is 68.7 Å². The number of esters is 1. The van der Waals surface area contributed by atoms with Crippen molar-refractivity contribution in [3.63, 3.8) is 0 Å². The van der Waals surface area contributed by atoms with Gasteiger partial charge in [-0.3, -0.25) is 4.79 Å². The lowest BCUT2D eigenvalue weighted by Gasteiger charge is -2.46. The highest BCUT2D eigenvalue weighted by molar-refractivity contribution is 5.78. The molecule has 0 aromatic rings. The van der Waals surface area contributed by atoms with Gasteiger partial charge in [0.05, 0.1) is 10.8 Å². The number of rotatable bonds is 3. The zero-order valence-electron chi connectivity index (χ0n) is 14.7. The number of carbonyl (C=O) groups excluding carboxylic acids is 1. The number of ether oxygens (including phenoxy) is 1. The third-order valence-electron chi connectivity index (χ3n) is 3.82. The van der Waals surface area contributed by atoms with Crippen molar-refractivity contribution in [3.8, 4) is 0 Å². The first-order valence-electron chi connectivity index (χ1n) is 7.14. The van der Waals surface area contributed by atoms with Crippen molar-refractivity contribution in [2.75, 3.05) is 0 Å². The van der Waals surface area contributed by atoms with Crippen molar-refractivity contribution in [1.82, 2.24) is 0 Å². The Morgan fingerprint density at radius 1 is 0.857 bits per heavy atom. The van der Waals surface area contributed by atoms with Crippen LogP contribution in [0.4, 0.5) is 13.2 Å². The molecule has 0 aliphatic heterocycles. The van der Waals surface area contributed by atoms with Crippen LogP contribution in [0.25, 0.3) is 0 Å². The van der Waals surface area contributed by atoms with Gasteiger partial charge in [-0.1, -0.05) is 34.6 Å². The highest BCUT2D eigenvalue weighted by Gasteiger charge is 2.63. The van der Waals surface area contributed by atoms with Gasteiger partial charge in [0.2, 0.25) is 0 Å². The summed E-state index contributed by atoms with van der Waals surface area (Å²) in [5.74, 6) is -0.799. The number of hydrogen-bond donors (Lipinski definition) is 0. The van der Waals surface area contributed by atoms with Crippen LogP contribution in [0.3, 0.4) is 0 Å². The first-order valence-corrected chi connectivity index (χ1v) is 7.14. The standard InChI is InChI=1S/C16H29F3O2/c1-12(2,3)10-15(9,11(20)21-13(4,5)6)14(7,8)16(17,18)19/h10H2,1-9H3. The zero-order valence-corrected chi connectivity index (χ0v) is 14.7. The fraction of sp³-hybridized carbons (Fsp3) is 0.938. The van der Waals surface area contributed by atoms with Crippen molar-refractivity contribution in [2.45, 2.75) is 80.5 Å². The van der Waals surface area contributed by atoms with Crippen molar-refractivity contribution in [1.29, 1.82) is 0 Å². The van der Waals surface area contributed by atoms with E-state index in [2.05, 4.69) is 0 Å². The highest BCUT2D eigenvalue weighted by Crippen LogP contribution is 2.55. The average molecular weight is 310 g/mol. The van der Waals surface area contributed by atoms with Crippen molar-refractivity contribution >= 4 is 5.97 Å². The zero-order chi connectivity index (χ0) is 17.5. The van der Waals surface area contributed by atoms with Gasteiger partial charge in [0.25, 0.3) is 0 Å². The molecule has 126 valence electrons. The molecule has 0 rings (SSSR count). The Labute approximate surface area is 126 Å². The molecular formula is C16H29F3O2. The lowest BCUT2D eigenvalue weighted by molar-refractivity contribution is -0.259. The molecule has 0 bridgehead atoms. The largest absolute Gasteiger partial charge is 0.460 e. The summed E-state index contributed by atoms with van der Waals surface area (Å²) < 4.78 is 45.8. The molecule has 0 aromatic heterocycles. The van der Waals surface area contributed by atoms with Crippen molar-refractivity contribution < 1.29 is 22.7 Å². The van der Waals surface area contributed by atoms with Gasteiger partial charge in [0.15, 0.2) is 0 Å². The SMILES string of the molecule is CC(C)(C)CC(C)(C(=O)OC(C)(C)C)C(C)(C)C(F)(F)F. The summed E-state index contributed by atoms with van der Waals surface area (Å²) in [5.41, 5.74) is -5.10. The highest BCUT2D eigenvalue weighted by atomic mass is 19.4. The Hall–Kier alpha value is -0.740. The van der Waals surface area contributed by atoms with E-state index in [-0.39, 0.29) is 6.42 Å². The van der Waals surface area contributed by atoms with Crippen LogP contribution in [-0.4, -0.2) is 17.7 Å². The molecule has 0 N–H and O–H groups in total. The van der Waals surface area contributed by atoms with E-state index in [1.165, 1.54) is 6.92 Å². The molecule has 5 heteroatoms. The van der Waals surface area contributed by atoms with Gasteiger partial charge in [-0.25, -0.2) is 0 Å². The first-order chi connectivity index (χ1) is 8.83. The van der Waals surface area contributed by atoms with Crippen LogP contribution in [0, 0.1) is 16.2 Å². The summed E-state index contributed by atoms with van der Waals surface area (Å²) in [5, 5.41) is 0. The summed E-state index contributed by atoms with van der Waals surface area (Å²) in [6.45, 7) is 13.9. The van der Waals surface area contributed by atoms with Gasteiger partial charge in [-0.15, -0.1) is 0 Å². The van der Waals surface area contributed by atoms with E-state index in [0.717, 1.165) is 13.8 Å². The molecule has 0 radical (unpaired) electrons. The van der Waals surface area contributed by atoms with E-state index in [1.807, 2.05) is 20.8 Å². The van der Waals surface area contributed by atoms with Gasteiger partial charge in [-0.2, -0.15) is 13.2 Å². The lowest BCUT2D eigenvalue weighted by atomic mass is 9.60. The molecule has 0 heterocycles. The molecule has 2 nitrogen and oxygen atoms in total. The normalized spacial score (nSPS) is 17.3. The van der Waals surface area contributed by atoms with Crippen LogP contribution in [-0.2, 0) is 9.53 Å². The molecule has 0 fully saturated rings. The van der Waals surface area contributed by atoms with E-state index >= 15 is 0 Å². The summed E-state index contributed by atoms with van der Waals surface area (Å²) in [6.07, 6.45) is -4.41. The summed E-state index contributed by atoms with van der Waals surface area (Å²) in [6, 6.07) is 0. The molecule has 21 heavy (non-hydrogen) atoms. The van der Waals surface area contributed by atoms with Crippen LogP contribution >= 0.6 is 0 Å². The quantitative estimate of drug-likeness (QED) is 0.656. The Morgan fingerprint density at radius 2 is 1.24 bits per heavy atom. The summed E-state index contributed by atoms with van der Waals surface area (Å²) in [7, 11) is 0. The number of carbonyl (C=O) groups is 1. The molecule has 0 spiro atoms. The maximum Gasteiger partial charge on any atom is 0.395 e. The second kappa shape index (κ2) is 5.47. The molecular weight excluding hydrogens is 281 g/mol. The smallest absolute Gasteiger partial charge is 0.395 e. The molecule has 1 unspecified atom stereocenters.